The van der Waals surface area contributed by atoms with Gasteiger partial charge in [-0.2, -0.15) is 5.11 Å². The normalized spacial score (nSPS) is 17.7. The molecule has 0 aromatic heterocycles. The van der Waals surface area contributed by atoms with E-state index in [1.807, 2.05) is 51.6 Å². The van der Waals surface area contributed by atoms with E-state index in [0.717, 1.165) is 37.3 Å². The van der Waals surface area contributed by atoms with E-state index < -0.39 is 0 Å². The zero-order valence-electron chi connectivity index (χ0n) is 13.7. The highest BCUT2D eigenvalue weighted by Crippen LogP contribution is 2.21. The molecule has 0 aliphatic carbocycles. The van der Waals surface area contributed by atoms with E-state index in [4.69, 9.17) is 5.73 Å². The molecule has 2 N–H and O–H groups in total. The van der Waals surface area contributed by atoms with Gasteiger partial charge in [-0.25, -0.2) is 0 Å². The first kappa shape index (κ1) is 16.3. The lowest BCUT2D eigenvalue weighted by Crippen LogP contribution is -2.35. The van der Waals surface area contributed by atoms with Gasteiger partial charge in [-0.1, -0.05) is 0 Å². The van der Waals surface area contributed by atoms with Crippen LogP contribution in [-0.4, -0.2) is 50.3 Å². The van der Waals surface area contributed by atoms with Gasteiger partial charge in [0.1, 0.15) is 0 Å². The second-order valence-corrected chi connectivity index (χ2v) is 5.67. The zero-order chi connectivity index (χ0) is 15.9. The minimum atomic E-state index is -0.0636. The molecule has 1 aromatic carbocycles. The van der Waals surface area contributed by atoms with E-state index >= 15 is 0 Å². The van der Waals surface area contributed by atoms with Crippen LogP contribution in [0, 0.1) is 0 Å². The molecular weight excluding hydrogens is 276 g/mol. The van der Waals surface area contributed by atoms with Crippen molar-refractivity contribution in [3.63, 3.8) is 0 Å². The Bertz CT molecular complexity index is 508. The Labute approximate surface area is 132 Å². The van der Waals surface area contributed by atoms with Crippen molar-refractivity contribution in [2.24, 2.45) is 16.0 Å². The van der Waals surface area contributed by atoms with Crippen molar-refractivity contribution < 1.29 is 0 Å². The van der Waals surface area contributed by atoms with Crippen LogP contribution in [0.1, 0.15) is 12.8 Å². The number of unbranched alkanes of at least 4 members (excludes halogenated alkanes) is 1. The standard InChI is InChI=1S/C16H26N6/c1-20(2)15-8-6-14(7-9-15)18-19-16-21(3)12-13-22(16)11-5-4-10-17/h6-9,12-13,16H,4-5,10-11,17H2,1-3H3/b19-18+. The maximum absolute atomic E-state index is 5.55. The Kier molecular flexibility index (Phi) is 5.77. The summed E-state index contributed by atoms with van der Waals surface area (Å²) in [6.07, 6.45) is 6.13. The summed E-state index contributed by atoms with van der Waals surface area (Å²) in [6.45, 7) is 1.68. The monoisotopic (exact) mass is 302 g/mol. The minimum absolute atomic E-state index is 0.0636. The fourth-order valence-corrected chi connectivity index (χ4v) is 2.29. The third-order valence-electron chi connectivity index (χ3n) is 3.67. The van der Waals surface area contributed by atoms with Crippen molar-refractivity contribution in [1.82, 2.24) is 9.80 Å². The number of anilines is 1. The molecule has 1 atom stereocenters. The largest absolute Gasteiger partial charge is 0.378 e. The maximum Gasteiger partial charge on any atom is 0.218 e. The topological polar surface area (TPSA) is 60.5 Å². The average molecular weight is 302 g/mol. The van der Waals surface area contributed by atoms with Crippen LogP contribution in [0.5, 0.6) is 0 Å². The number of hydrogen-bond acceptors (Lipinski definition) is 6. The number of nitrogens with two attached hydrogens (primary N) is 1. The second-order valence-electron chi connectivity index (χ2n) is 5.67. The molecule has 1 aromatic rings. The molecule has 1 unspecified atom stereocenters. The van der Waals surface area contributed by atoms with E-state index in [0.29, 0.717) is 0 Å². The first-order chi connectivity index (χ1) is 10.6. The number of azo groups is 1. The van der Waals surface area contributed by atoms with Crippen LogP contribution in [0.2, 0.25) is 0 Å². The van der Waals surface area contributed by atoms with E-state index in [-0.39, 0.29) is 6.29 Å². The van der Waals surface area contributed by atoms with E-state index in [2.05, 4.69) is 31.1 Å². The van der Waals surface area contributed by atoms with Gasteiger partial charge < -0.3 is 20.4 Å². The molecule has 0 saturated carbocycles. The summed E-state index contributed by atoms with van der Waals surface area (Å²) in [7, 11) is 6.06. The SMILES string of the molecule is CN(C)c1ccc(/N=N/C2N(C)C=CN2CCCCN)cc1. The smallest absolute Gasteiger partial charge is 0.218 e. The zero-order valence-corrected chi connectivity index (χ0v) is 13.7. The van der Waals surface area contributed by atoms with Crippen molar-refractivity contribution in [2.75, 3.05) is 39.1 Å². The quantitative estimate of drug-likeness (QED) is 0.621. The molecule has 1 aliphatic heterocycles. The number of hydrogen-bond donors (Lipinski definition) is 1. The summed E-state index contributed by atoms with van der Waals surface area (Å²) in [5.74, 6) is 0. The highest BCUT2D eigenvalue weighted by molar-refractivity contribution is 5.51. The van der Waals surface area contributed by atoms with Gasteiger partial charge >= 0.3 is 0 Å². The van der Waals surface area contributed by atoms with E-state index in [9.17, 15) is 0 Å². The van der Waals surface area contributed by atoms with Crippen LogP contribution in [0.3, 0.4) is 0 Å². The molecule has 0 amide bonds. The van der Waals surface area contributed by atoms with Gasteiger partial charge in [0.05, 0.1) is 5.69 Å². The third kappa shape index (κ3) is 4.21. The Morgan fingerprint density at radius 1 is 1.14 bits per heavy atom. The highest BCUT2D eigenvalue weighted by atomic mass is 15.5. The van der Waals surface area contributed by atoms with Crippen LogP contribution >= 0.6 is 0 Å². The predicted molar refractivity (Wildman–Crippen MR) is 91.0 cm³/mol. The summed E-state index contributed by atoms with van der Waals surface area (Å²) < 4.78 is 0. The highest BCUT2D eigenvalue weighted by Gasteiger charge is 2.22. The van der Waals surface area contributed by atoms with Crippen molar-refractivity contribution in [3.8, 4) is 0 Å². The first-order valence-electron chi connectivity index (χ1n) is 7.66. The van der Waals surface area contributed by atoms with Crippen LogP contribution in [-0.2, 0) is 0 Å². The molecule has 2 rings (SSSR count). The lowest BCUT2D eigenvalue weighted by molar-refractivity contribution is 0.175. The lowest BCUT2D eigenvalue weighted by Gasteiger charge is -2.25. The Morgan fingerprint density at radius 2 is 1.86 bits per heavy atom. The maximum atomic E-state index is 5.55. The minimum Gasteiger partial charge on any atom is -0.378 e. The van der Waals surface area contributed by atoms with Crippen LogP contribution in [0.15, 0.2) is 46.9 Å². The van der Waals surface area contributed by atoms with Gasteiger partial charge in [-0.3, -0.25) is 0 Å². The molecular formula is C16H26N6. The second kappa shape index (κ2) is 7.79. The average Bonchev–Trinajstić information content (AvgIpc) is 2.86. The third-order valence-corrected chi connectivity index (χ3v) is 3.67. The molecule has 0 fully saturated rings. The van der Waals surface area contributed by atoms with Gasteiger partial charge in [0.25, 0.3) is 0 Å². The number of nitrogens with zero attached hydrogens (tertiary/aromatic N) is 5. The molecule has 22 heavy (non-hydrogen) atoms. The predicted octanol–water partition coefficient (Wildman–Crippen LogP) is 2.58. The molecule has 0 bridgehead atoms. The Hall–Kier alpha value is -2.08. The summed E-state index contributed by atoms with van der Waals surface area (Å²) >= 11 is 0. The number of benzene rings is 1. The fourth-order valence-electron chi connectivity index (χ4n) is 2.29. The molecule has 6 heteroatoms. The summed E-state index contributed by atoms with van der Waals surface area (Å²) in [4.78, 5) is 6.31. The molecule has 0 spiro atoms. The van der Waals surface area contributed by atoms with Crippen LogP contribution in [0.25, 0.3) is 0 Å². The van der Waals surface area contributed by atoms with Crippen molar-refractivity contribution in [2.45, 2.75) is 19.1 Å². The fraction of sp³-hybridized carbons (Fsp3) is 0.500. The van der Waals surface area contributed by atoms with E-state index in [1.54, 1.807) is 0 Å². The first-order valence-corrected chi connectivity index (χ1v) is 7.66. The van der Waals surface area contributed by atoms with Crippen molar-refractivity contribution in [1.29, 1.82) is 0 Å². The van der Waals surface area contributed by atoms with Gasteiger partial charge in [-0.15, -0.1) is 5.11 Å². The van der Waals surface area contributed by atoms with Crippen molar-refractivity contribution in [3.05, 3.63) is 36.7 Å². The molecule has 1 aliphatic rings. The lowest BCUT2D eigenvalue weighted by atomic mass is 10.3. The summed E-state index contributed by atoms with van der Waals surface area (Å²) in [5, 5.41) is 8.85. The number of rotatable bonds is 7. The molecule has 0 radical (unpaired) electrons. The molecule has 120 valence electrons. The van der Waals surface area contributed by atoms with E-state index in [1.165, 1.54) is 0 Å². The van der Waals surface area contributed by atoms with Crippen LogP contribution in [0.4, 0.5) is 11.4 Å². The molecule has 0 saturated heterocycles. The molecule has 6 nitrogen and oxygen atoms in total. The Morgan fingerprint density at radius 3 is 2.50 bits per heavy atom. The van der Waals surface area contributed by atoms with Crippen LogP contribution < -0.4 is 10.6 Å². The summed E-state index contributed by atoms with van der Waals surface area (Å²) in [6, 6.07) is 8.06. The van der Waals surface area contributed by atoms with Crippen molar-refractivity contribution >= 4 is 11.4 Å². The molecule has 1 heterocycles. The van der Waals surface area contributed by atoms with Gasteiger partial charge in [0.15, 0.2) is 0 Å². The Balaban J connectivity index is 1.97. The summed E-state index contributed by atoms with van der Waals surface area (Å²) in [5.41, 5.74) is 7.57. The van der Waals surface area contributed by atoms with Gasteiger partial charge in [-0.05, 0) is 43.7 Å². The van der Waals surface area contributed by atoms with Gasteiger partial charge in [0, 0.05) is 45.8 Å². The van der Waals surface area contributed by atoms with Gasteiger partial charge in [0.2, 0.25) is 6.29 Å².